The molecule has 2 aromatic carbocycles. The fourth-order valence-electron chi connectivity index (χ4n) is 3.49. The van der Waals surface area contributed by atoms with Gasteiger partial charge in [-0.15, -0.1) is 0 Å². The Kier molecular flexibility index (Phi) is 4.64. The first-order valence-electron chi connectivity index (χ1n) is 8.77. The molecule has 2 aromatic rings. The lowest BCUT2D eigenvalue weighted by atomic mass is 9.94. The van der Waals surface area contributed by atoms with Gasteiger partial charge in [0.05, 0.1) is 25.5 Å². The second kappa shape index (κ2) is 7.05. The van der Waals surface area contributed by atoms with Crippen molar-refractivity contribution in [2.75, 3.05) is 19.1 Å². The number of imide groups is 1. The Morgan fingerprint density at radius 2 is 1.73 bits per heavy atom. The molecule has 2 heterocycles. The van der Waals surface area contributed by atoms with Crippen LogP contribution < -0.4 is 14.4 Å². The summed E-state index contributed by atoms with van der Waals surface area (Å²) in [6.07, 6.45) is -5.85. The predicted octanol–water partition coefficient (Wildman–Crippen LogP) is 3.02. The topological polar surface area (TPSA) is 77.4 Å². The van der Waals surface area contributed by atoms with Crippen molar-refractivity contribution >= 4 is 23.2 Å². The molecular weight excluding hydrogens is 405 g/mol. The number of carbonyl (C=O) groups is 2. The van der Waals surface area contributed by atoms with E-state index in [0.717, 1.165) is 18.2 Å². The first kappa shape index (κ1) is 19.7. The molecule has 0 saturated carbocycles. The monoisotopic (exact) mass is 420 g/mol. The Balaban J connectivity index is 1.69. The molecule has 2 atom stereocenters. The minimum atomic E-state index is -4.61. The van der Waals surface area contributed by atoms with Crippen molar-refractivity contribution in [2.45, 2.75) is 12.3 Å². The highest BCUT2D eigenvalue weighted by Gasteiger charge is 2.56. The quantitative estimate of drug-likeness (QED) is 0.711. The molecule has 156 valence electrons. The van der Waals surface area contributed by atoms with Crippen LogP contribution in [0.15, 0.2) is 47.6 Å². The van der Waals surface area contributed by atoms with E-state index in [1.54, 1.807) is 18.2 Å². The maximum atomic E-state index is 13.0. The third kappa shape index (κ3) is 3.04. The van der Waals surface area contributed by atoms with Gasteiger partial charge in [0.25, 0.3) is 5.91 Å². The van der Waals surface area contributed by atoms with E-state index in [2.05, 4.69) is 5.16 Å². The average molecular weight is 420 g/mol. The van der Waals surface area contributed by atoms with Crippen LogP contribution >= 0.6 is 0 Å². The van der Waals surface area contributed by atoms with Gasteiger partial charge in [0.1, 0.15) is 11.6 Å². The Morgan fingerprint density at radius 3 is 2.40 bits per heavy atom. The van der Waals surface area contributed by atoms with Crippen molar-refractivity contribution in [3.05, 3.63) is 53.6 Å². The van der Waals surface area contributed by atoms with Crippen LogP contribution in [0, 0.1) is 5.92 Å². The van der Waals surface area contributed by atoms with E-state index in [0.29, 0.717) is 22.0 Å². The summed E-state index contributed by atoms with van der Waals surface area (Å²) in [7, 11) is 2.91. The first-order chi connectivity index (χ1) is 14.3. The molecule has 0 N–H and O–H groups in total. The lowest BCUT2D eigenvalue weighted by Crippen LogP contribution is -2.33. The van der Waals surface area contributed by atoms with Crippen LogP contribution in [-0.2, 0) is 20.6 Å². The van der Waals surface area contributed by atoms with Crippen LogP contribution in [0.5, 0.6) is 11.5 Å². The number of alkyl halides is 3. The van der Waals surface area contributed by atoms with Crippen LogP contribution in [0.3, 0.4) is 0 Å². The predicted molar refractivity (Wildman–Crippen MR) is 98.4 cm³/mol. The number of methoxy groups -OCH3 is 2. The van der Waals surface area contributed by atoms with Gasteiger partial charge in [0.2, 0.25) is 12.0 Å². The zero-order valence-electron chi connectivity index (χ0n) is 15.8. The third-order valence-corrected chi connectivity index (χ3v) is 4.92. The number of anilines is 1. The molecule has 4 rings (SSSR count). The molecule has 1 saturated heterocycles. The summed E-state index contributed by atoms with van der Waals surface area (Å²) in [4.78, 5) is 31.7. The summed E-state index contributed by atoms with van der Waals surface area (Å²) in [5.41, 5.74) is -0.488. The van der Waals surface area contributed by atoms with Gasteiger partial charge in [-0.1, -0.05) is 11.2 Å². The lowest BCUT2D eigenvalue weighted by Gasteiger charge is -2.17. The molecule has 0 aromatic heterocycles. The number of hydrogen-bond donors (Lipinski definition) is 0. The van der Waals surface area contributed by atoms with E-state index < -0.39 is 35.6 Å². The van der Waals surface area contributed by atoms with Crippen LogP contribution in [0.4, 0.5) is 18.9 Å². The number of fused-ring (bicyclic) bond motifs is 1. The number of hydrogen-bond acceptors (Lipinski definition) is 6. The number of oxime groups is 1. The highest BCUT2D eigenvalue weighted by atomic mass is 19.4. The molecule has 2 amide bonds. The molecule has 0 bridgehead atoms. The number of ether oxygens (including phenoxy) is 2. The van der Waals surface area contributed by atoms with Crippen molar-refractivity contribution in [1.29, 1.82) is 0 Å². The largest absolute Gasteiger partial charge is 0.493 e. The normalized spacial score (nSPS) is 20.7. The maximum Gasteiger partial charge on any atom is 0.416 e. The lowest BCUT2D eigenvalue weighted by molar-refractivity contribution is -0.137. The molecule has 0 unspecified atom stereocenters. The van der Waals surface area contributed by atoms with Gasteiger partial charge in [0.15, 0.2) is 11.5 Å². The van der Waals surface area contributed by atoms with Gasteiger partial charge in [-0.05, 0) is 36.4 Å². The molecule has 0 spiro atoms. The zero-order chi connectivity index (χ0) is 21.6. The van der Waals surface area contributed by atoms with Crippen LogP contribution in [0.1, 0.15) is 11.1 Å². The summed E-state index contributed by atoms with van der Waals surface area (Å²) >= 11 is 0. The van der Waals surface area contributed by atoms with Gasteiger partial charge in [-0.2, -0.15) is 13.2 Å². The highest BCUT2D eigenvalue weighted by molar-refractivity contribution is 6.32. The number of benzene rings is 2. The standard InChI is InChI=1S/C20H15F3N2O5/c1-28-13-7-6-10(8-14(13)29-2)16-15-17(30-24-16)19(27)25(18(15)26)12-5-3-4-11(9-12)20(21,22)23/h3-9,15,17H,1-2H3/t15-,17+/m1/s1. The zero-order valence-corrected chi connectivity index (χ0v) is 15.8. The van der Waals surface area contributed by atoms with Crippen molar-refractivity contribution in [2.24, 2.45) is 11.1 Å². The van der Waals surface area contributed by atoms with Crippen molar-refractivity contribution in [1.82, 2.24) is 0 Å². The van der Waals surface area contributed by atoms with Crippen LogP contribution in [0.2, 0.25) is 0 Å². The van der Waals surface area contributed by atoms with Crippen molar-refractivity contribution < 1.29 is 37.1 Å². The Bertz CT molecular complexity index is 1070. The SMILES string of the molecule is COc1ccc(C2=NO[C@@H]3C(=O)N(c4cccc(C(F)(F)F)c4)C(=O)[C@H]23)cc1OC. The maximum absolute atomic E-state index is 13.0. The van der Waals surface area contributed by atoms with Gasteiger partial charge in [-0.3, -0.25) is 9.59 Å². The number of rotatable bonds is 4. The average Bonchev–Trinajstić information content (AvgIpc) is 3.27. The second-order valence-electron chi connectivity index (χ2n) is 6.61. The molecule has 2 aliphatic rings. The number of carbonyl (C=O) groups excluding carboxylic acids is 2. The smallest absolute Gasteiger partial charge is 0.416 e. The summed E-state index contributed by atoms with van der Waals surface area (Å²) < 4.78 is 49.5. The van der Waals surface area contributed by atoms with E-state index in [1.807, 2.05) is 0 Å². The second-order valence-corrected chi connectivity index (χ2v) is 6.61. The molecule has 0 radical (unpaired) electrons. The Morgan fingerprint density at radius 1 is 1.00 bits per heavy atom. The van der Waals surface area contributed by atoms with Gasteiger partial charge < -0.3 is 14.3 Å². The van der Waals surface area contributed by atoms with Crippen molar-refractivity contribution in [3.63, 3.8) is 0 Å². The molecular formula is C20H15F3N2O5. The first-order valence-corrected chi connectivity index (χ1v) is 8.77. The van der Waals surface area contributed by atoms with Crippen molar-refractivity contribution in [3.8, 4) is 11.5 Å². The Labute approximate surface area is 168 Å². The van der Waals surface area contributed by atoms with E-state index in [4.69, 9.17) is 14.3 Å². The van der Waals surface area contributed by atoms with Gasteiger partial charge >= 0.3 is 6.18 Å². The van der Waals surface area contributed by atoms with Crippen LogP contribution in [0.25, 0.3) is 0 Å². The van der Waals surface area contributed by atoms with E-state index in [1.165, 1.54) is 20.3 Å². The van der Waals surface area contributed by atoms with E-state index in [9.17, 15) is 22.8 Å². The van der Waals surface area contributed by atoms with E-state index >= 15 is 0 Å². The minimum absolute atomic E-state index is 0.176. The highest BCUT2D eigenvalue weighted by Crippen LogP contribution is 2.38. The summed E-state index contributed by atoms with van der Waals surface area (Å²) in [6, 6.07) is 8.82. The number of amides is 2. The molecule has 2 aliphatic heterocycles. The van der Waals surface area contributed by atoms with Gasteiger partial charge in [-0.25, -0.2) is 4.90 Å². The molecule has 10 heteroatoms. The minimum Gasteiger partial charge on any atom is -0.493 e. The Hall–Kier alpha value is -3.56. The number of nitrogens with zero attached hydrogens (tertiary/aromatic N) is 2. The third-order valence-electron chi connectivity index (χ3n) is 4.92. The fourth-order valence-corrected chi connectivity index (χ4v) is 3.49. The summed E-state index contributed by atoms with van der Waals surface area (Å²) in [5, 5.41) is 3.88. The summed E-state index contributed by atoms with van der Waals surface area (Å²) in [6.45, 7) is 0. The van der Waals surface area contributed by atoms with E-state index in [-0.39, 0.29) is 11.4 Å². The molecule has 7 nitrogen and oxygen atoms in total. The van der Waals surface area contributed by atoms with Gasteiger partial charge in [0, 0.05) is 5.56 Å². The molecule has 30 heavy (non-hydrogen) atoms. The summed E-state index contributed by atoms with van der Waals surface area (Å²) in [5.74, 6) is -1.73. The molecule has 0 aliphatic carbocycles. The molecule has 1 fully saturated rings. The number of halogens is 3. The van der Waals surface area contributed by atoms with Crippen LogP contribution in [-0.4, -0.2) is 37.8 Å². The fraction of sp³-hybridized carbons (Fsp3) is 0.250.